The number of ketones is 1. The molecule has 0 saturated heterocycles. The minimum absolute atomic E-state index is 0.0158. The standard InChI is InChI=1S/C23H33N3O14/c27-21(23(29)30)3-4-22(28)40-16-15-39-14-13-38-12-11-37-10-9-36-8-7-35-6-5-24-19-2-1-18(25(31)32)17-20(19)26(33)34/h1-2,17,24H,3-16H2,(H,29,30). The largest absolute Gasteiger partial charge is 0.476 e. The van der Waals surface area contributed by atoms with E-state index < -0.39 is 34.0 Å². The maximum absolute atomic E-state index is 11.3. The van der Waals surface area contributed by atoms with Crippen molar-refractivity contribution in [1.29, 1.82) is 0 Å². The molecule has 1 rings (SSSR count). The number of ether oxygens (including phenoxy) is 6. The fourth-order valence-electron chi connectivity index (χ4n) is 2.78. The third kappa shape index (κ3) is 16.2. The lowest BCUT2D eigenvalue weighted by Gasteiger charge is -2.09. The molecule has 0 radical (unpaired) electrons. The number of hydrogen-bond donors (Lipinski definition) is 2. The van der Waals surface area contributed by atoms with Crippen molar-refractivity contribution in [2.75, 3.05) is 84.5 Å². The van der Waals surface area contributed by atoms with Crippen LogP contribution in [0.5, 0.6) is 0 Å². The van der Waals surface area contributed by atoms with E-state index in [-0.39, 0.29) is 56.5 Å². The van der Waals surface area contributed by atoms with Crippen molar-refractivity contribution in [2.45, 2.75) is 12.8 Å². The Balaban J connectivity index is 1.87. The van der Waals surface area contributed by atoms with E-state index >= 15 is 0 Å². The second-order valence-electron chi connectivity index (χ2n) is 7.65. The minimum Gasteiger partial charge on any atom is -0.476 e. The molecule has 0 spiro atoms. The Labute approximate surface area is 228 Å². The highest BCUT2D eigenvalue weighted by molar-refractivity contribution is 6.32. The SMILES string of the molecule is O=C(CCC(=O)C(=O)O)OCCOCCOCCOCCOCCOCCNc1ccc([N+](=O)[O-])cc1[N+](=O)[O-]. The highest BCUT2D eigenvalue weighted by Crippen LogP contribution is 2.28. The van der Waals surface area contributed by atoms with Crippen LogP contribution in [0.15, 0.2) is 18.2 Å². The van der Waals surface area contributed by atoms with Crippen LogP contribution >= 0.6 is 0 Å². The van der Waals surface area contributed by atoms with E-state index in [0.717, 1.165) is 6.07 Å². The highest BCUT2D eigenvalue weighted by atomic mass is 16.6. The molecule has 0 unspecified atom stereocenters. The molecule has 0 aliphatic carbocycles. The lowest BCUT2D eigenvalue weighted by atomic mass is 10.2. The van der Waals surface area contributed by atoms with Crippen molar-refractivity contribution in [1.82, 2.24) is 0 Å². The van der Waals surface area contributed by atoms with E-state index in [1.165, 1.54) is 12.1 Å². The van der Waals surface area contributed by atoms with E-state index in [4.69, 9.17) is 33.5 Å². The number of Topliss-reactive ketones (excluding diaryl/α,β-unsaturated/α-hetero) is 1. The van der Waals surface area contributed by atoms with Gasteiger partial charge in [-0.15, -0.1) is 0 Å². The summed E-state index contributed by atoms with van der Waals surface area (Å²) in [7, 11) is 0. The number of carbonyl (C=O) groups excluding carboxylic acids is 2. The molecule has 224 valence electrons. The third-order valence-corrected chi connectivity index (χ3v) is 4.72. The van der Waals surface area contributed by atoms with Gasteiger partial charge in [-0.2, -0.15) is 0 Å². The summed E-state index contributed by atoms with van der Waals surface area (Å²) < 4.78 is 31.4. The van der Waals surface area contributed by atoms with E-state index in [0.29, 0.717) is 46.2 Å². The van der Waals surface area contributed by atoms with Crippen LogP contribution in [0, 0.1) is 20.2 Å². The molecule has 0 fully saturated rings. The van der Waals surface area contributed by atoms with Crippen molar-refractivity contribution >= 4 is 34.8 Å². The van der Waals surface area contributed by atoms with Gasteiger partial charge < -0.3 is 38.8 Å². The minimum atomic E-state index is -1.58. The van der Waals surface area contributed by atoms with E-state index in [2.05, 4.69) is 5.32 Å². The Hall–Kier alpha value is -3.77. The van der Waals surface area contributed by atoms with E-state index in [1.54, 1.807) is 0 Å². The van der Waals surface area contributed by atoms with Gasteiger partial charge in [-0.1, -0.05) is 0 Å². The average Bonchev–Trinajstić information content (AvgIpc) is 2.92. The first kappa shape index (κ1) is 34.3. The Bertz CT molecular complexity index is 959. The van der Waals surface area contributed by atoms with Crippen LogP contribution < -0.4 is 5.32 Å². The molecule has 2 N–H and O–H groups in total. The molecule has 0 aliphatic heterocycles. The number of esters is 1. The summed E-state index contributed by atoms with van der Waals surface area (Å²) in [5.41, 5.74) is -0.589. The molecule has 0 heterocycles. The maximum Gasteiger partial charge on any atom is 0.372 e. The van der Waals surface area contributed by atoms with Crippen LogP contribution in [0.1, 0.15) is 12.8 Å². The topological polar surface area (TPSA) is 225 Å². The molecule has 0 aliphatic rings. The molecule has 0 atom stereocenters. The normalized spacial score (nSPS) is 10.7. The van der Waals surface area contributed by atoms with Gasteiger partial charge in [0.25, 0.3) is 11.4 Å². The van der Waals surface area contributed by atoms with Gasteiger partial charge in [0.05, 0.1) is 88.4 Å². The third-order valence-electron chi connectivity index (χ3n) is 4.72. The first-order valence-corrected chi connectivity index (χ1v) is 12.2. The number of non-ortho nitro benzene ring substituents is 1. The molecular formula is C23H33N3O14. The number of nitrogens with zero attached hydrogens (tertiary/aromatic N) is 2. The molecule has 17 heteroatoms. The number of carbonyl (C=O) groups is 3. The Kier molecular flexibility index (Phi) is 18.1. The van der Waals surface area contributed by atoms with Crippen LogP contribution in [0.3, 0.4) is 0 Å². The number of nitro groups is 2. The monoisotopic (exact) mass is 575 g/mol. The zero-order valence-electron chi connectivity index (χ0n) is 21.8. The quantitative estimate of drug-likeness (QED) is 0.0544. The molecule has 0 amide bonds. The van der Waals surface area contributed by atoms with Gasteiger partial charge in [-0.05, 0) is 6.07 Å². The zero-order chi connectivity index (χ0) is 29.6. The number of carboxylic acids is 1. The lowest BCUT2D eigenvalue weighted by molar-refractivity contribution is -0.393. The summed E-state index contributed by atoms with van der Waals surface area (Å²) in [4.78, 5) is 53.0. The number of nitro benzene ring substituents is 2. The zero-order valence-corrected chi connectivity index (χ0v) is 21.8. The lowest BCUT2D eigenvalue weighted by Crippen LogP contribution is -2.17. The molecule has 1 aromatic rings. The molecule has 1 aromatic carbocycles. The molecular weight excluding hydrogens is 542 g/mol. The number of hydrogen-bond acceptors (Lipinski definition) is 14. The van der Waals surface area contributed by atoms with Crippen molar-refractivity contribution in [2.24, 2.45) is 0 Å². The van der Waals surface area contributed by atoms with Crippen LogP contribution in [-0.4, -0.2) is 112 Å². The first-order chi connectivity index (χ1) is 19.2. The number of carboxylic acid groups (broad SMARTS) is 1. The summed E-state index contributed by atoms with van der Waals surface area (Å²) in [6, 6.07) is 3.36. The van der Waals surface area contributed by atoms with Crippen LogP contribution in [0.25, 0.3) is 0 Å². The van der Waals surface area contributed by atoms with Crippen molar-refractivity contribution in [3.8, 4) is 0 Å². The molecule has 0 saturated carbocycles. The van der Waals surface area contributed by atoms with E-state index in [9.17, 15) is 34.6 Å². The summed E-state index contributed by atoms with van der Waals surface area (Å²) in [6.07, 6.45) is -0.704. The van der Waals surface area contributed by atoms with Gasteiger partial charge in [0.2, 0.25) is 5.78 Å². The second-order valence-corrected chi connectivity index (χ2v) is 7.65. The summed E-state index contributed by atoms with van der Waals surface area (Å²) in [5, 5.41) is 33.1. The first-order valence-electron chi connectivity index (χ1n) is 12.2. The average molecular weight is 576 g/mol. The summed E-state index contributed by atoms with van der Waals surface area (Å²) >= 11 is 0. The summed E-state index contributed by atoms with van der Waals surface area (Å²) in [6.45, 7) is 3.25. The Morgan fingerprint density at radius 2 is 1.23 bits per heavy atom. The van der Waals surface area contributed by atoms with Gasteiger partial charge >= 0.3 is 11.9 Å². The number of anilines is 1. The van der Waals surface area contributed by atoms with Gasteiger partial charge in [0.1, 0.15) is 12.3 Å². The number of rotatable bonds is 25. The van der Waals surface area contributed by atoms with Crippen LogP contribution in [0.4, 0.5) is 17.1 Å². The van der Waals surface area contributed by atoms with E-state index in [1.807, 2.05) is 0 Å². The molecule has 0 aromatic heterocycles. The Morgan fingerprint density at radius 3 is 1.70 bits per heavy atom. The maximum atomic E-state index is 11.3. The number of aliphatic carboxylic acids is 1. The van der Waals surface area contributed by atoms with Crippen LogP contribution in [0.2, 0.25) is 0 Å². The molecule has 0 bridgehead atoms. The highest BCUT2D eigenvalue weighted by Gasteiger charge is 2.19. The summed E-state index contributed by atoms with van der Waals surface area (Å²) in [5.74, 6) is -3.30. The predicted octanol–water partition coefficient (Wildman–Crippen LogP) is 0.975. The van der Waals surface area contributed by atoms with Crippen LogP contribution in [-0.2, 0) is 42.8 Å². The van der Waals surface area contributed by atoms with Crippen molar-refractivity contribution < 1.29 is 57.8 Å². The molecule has 17 nitrogen and oxygen atoms in total. The van der Waals surface area contributed by atoms with Gasteiger partial charge in [-0.3, -0.25) is 29.8 Å². The Morgan fingerprint density at radius 1 is 0.725 bits per heavy atom. The van der Waals surface area contributed by atoms with Gasteiger partial charge in [0, 0.05) is 19.0 Å². The van der Waals surface area contributed by atoms with Gasteiger partial charge in [0.15, 0.2) is 0 Å². The van der Waals surface area contributed by atoms with Crippen molar-refractivity contribution in [3.63, 3.8) is 0 Å². The predicted molar refractivity (Wildman–Crippen MR) is 135 cm³/mol. The smallest absolute Gasteiger partial charge is 0.372 e. The number of nitrogens with one attached hydrogen (secondary N) is 1. The van der Waals surface area contributed by atoms with Gasteiger partial charge in [-0.25, -0.2) is 4.79 Å². The van der Waals surface area contributed by atoms with Crippen molar-refractivity contribution in [3.05, 3.63) is 38.4 Å². The second kappa shape index (κ2) is 21.1. The molecule has 40 heavy (non-hydrogen) atoms. The fraction of sp³-hybridized carbons (Fsp3) is 0.609. The fourth-order valence-corrected chi connectivity index (χ4v) is 2.78. The number of benzene rings is 1.